The summed E-state index contributed by atoms with van der Waals surface area (Å²) < 4.78 is 0. The predicted molar refractivity (Wildman–Crippen MR) is 143 cm³/mol. The third kappa shape index (κ3) is 6.24. The maximum atomic E-state index is 12.9. The third-order valence-electron chi connectivity index (χ3n) is 6.32. The minimum Gasteiger partial charge on any atom is -0.506 e. The molecule has 1 aliphatic heterocycles. The summed E-state index contributed by atoms with van der Waals surface area (Å²) in [5.74, 6) is -3.35. The molecule has 0 saturated carbocycles. The van der Waals surface area contributed by atoms with E-state index in [4.69, 9.17) is 0 Å². The lowest BCUT2D eigenvalue weighted by Gasteiger charge is -2.23. The van der Waals surface area contributed by atoms with E-state index < -0.39 is 46.0 Å². The van der Waals surface area contributed by atoms with Crippen LogP contribution in [0.25, 0.3) is 0 Å². The number of rotatable bonds is 0. The Hall–Kier alpha value is -4.08. The number of amides is 4. The van der Waals surface area contributed by atoms with Crippen LogP contribution in [0.2, 0.25) is 0 Å². The van der Waals surface area contributed by atoms with E-state index >= 15 is 0 Å². The molecule has 4 bridgehead atoms. The zero-order valence-electron chi connectivity index (χ0n) is 22.7. The van der Waals surface area contributed by atoms with Gasteiger partial charge < -0.3 is 31.5 Å². The predicted octanol–water partition coefficient (Wildman–Crippen LogP) is 2.33. The second-order valence-corrected chi connectivity index (χ2v) is 11.4. The van der Waals surface area contributed by atoms with Gasteiger partial charge >= 0.3 is 0 Å². The molecule has 10 nitrogen and oxygen atoms in total. The number of fused-ring (bicyclic) bond motifs is 4. The quantitative estimate of drug-likeness (QED) is 0.311. The third-order valence-corrected chi connectivity index (χ3v) is 6.32. The molecule has 2 aromatic rings. The molecule has 0 radical (unpaired) electrons. The van der Waals surface area contributed by atoms with Crippen molar-refractivity contribution >= 4 is 23.6 Å². The van der Waals surface area contributed by atoms with Gasteiger partial charge in [0.05, 0.1) is 22.3 Å². The van der Waals surface area contributed by atoms with Crippen molar-refractivity contribution in [3.05, 3.63) is 57.6 Å². The first-order valence-electron chi connectivity index (χ1n) is 12.5. The van der Waals surface area contributed by atoms with Crippen LogP contribution in [0.5, 0.6) is 11.5 Å². The summed E-state index contributed by atoms with van der Waals surface area (Å²) in [5, 5.41) is 32.1. The minimum absolute atomic E-state index is 0.0123. The Bertz CT molecular complexity index is 1110. The number of carbonyl (C=O) groups excluding carboxylic acids is 4. The standard InChI is InChI=1S/C28H36N4O6/c1-27(2,3)15-11-17-21(33)18(12-15)24(36)30-8-10-32-26(38)20-14-16(28(4,5)6)13-19(22(20)34)25(37)31-9-7-29-23(17)35/h11-14,33-34H,7-10H2,1-6H3,(H,29,35)(H,30,36)(H,31,37)(H,32,38). The molecule has 4 amide bonds. The highest BCUT2D eigenvalue weighted by atomic mass is 16.3. The number of phenolic OH excluding ortho intramolecular Hbond substituents is 2. The molecule has 204 valence electrons. The fraction of sp³-hybridized carbons (Fsp3) is 0.429. The first-order chi connectivity index (χ1) is 17.6. The fourth-order valence-corrected chi connectivity index (χ4v) is 3.91. The molecule has 0 atom stereocenters. The van der Waals surface area contributed by atoms with Gasteiger partial charge in [0.25, 0.3) is 23.6 Å². The van der Waals surface area contributed by atoms with E-state index in [2.05, 4.69) is 21.3 Å². The van der Waals surface area contributed by atoms with Crippen LogP contribution in [0.3, 0.4) is 0 Å². The van der Waals surface area contributed by atoms with Crippen LogP contribution in [0, 0.1) is 0 Å². The maximum absolute atomic E-state index is 12.9. The Labute approximate surface area is 222 Å². The van der Waals surface area contributed by atoms with Crippen molar-refractivity contribution in [2.24, 2.45) is 0 Å². The van der Waals surface area contributed by atoms with E-state index in [1.54, 1.807) is 0 Å². The van der Waals surface area contributed by atoms with E-state index in [0.29, 0.717) is 11.1 Å². The van der Waals surface area contributed by atoms with Gasteiger partial charge in [0.15, 0.2) is 0 Å². The van der Waals surface area contributed by atoms with Gasteiger partial charge in [-0.1, -0.05) is 41.5 Å². The van der Waals surface area contributed by atoms with Crippen molar-refractivity contribution < 1.29 is 29.4 Å². The van der Waals surface area contributed by atoms with Crippen molar-refractivity contribution in [2.45, 2.75) is 52.4 Å². The molecule has 6 N–H and O–H groups in total. The molecule has 0 fully saturated rings. The van der Waals surface area contributed by atoms with Crippen LogP contribution in [0.4, 0.5) is 0 Å². The lowest BCUT2D eigenvalue weighted by atomic mass is 9.84. The van der Waals surface area contributed by atoms with Crippen LogP contribution in [0.1, 0.15) is 94.1 Å². The summed E-state index contributed by atoms with van der Waals surface area (Å²) in [5.41, 5.74) is 0.240. The Morgan fingerprint density at radius 3 is 0.895 bits per heavy atom. The summed E-state index contributed by atoms with van der Waals surface area (Å²) in [7, 11) is 0. The number of phenols is 2. The molecule has 0 aromatic heterocycles. The number of carbonyl (C=O) groups is 4. The van der Waals surface area contributed by atoms with Crippen LogP contribution in [-0.4, -0.2) is 60.0 Å². The number of nitrogens with one attached hydrogen (secondary N) is 4. The van der Waals surface area contributed by atoms with E-state index in [0.717, 1.165) is 0 Å². The summed E-state index contributed by atoms with van der Waals surface area (Å²) in [6.45, 7) is 11.6. The highest BCUT2D eigenvalue weighted by Gasteiger charge is 2.27. The first kappa shape index (κ1) is 28.5. The molecule has 1 aliphatic rings. The Morgan fingerprint density at radius 2 is 0.711 bits per heavy atom. The van der Waals surface area contributed by atoms with Gasteiger partial charge in [-0.2, -0.15) is 0 Å². The van der Waals surface area contributed by atoms with E-state index in [9.17, 15) is 29.4 Å². The molecule has 0 unspecified atom stereocenters. The second kappa shape index (κ2) is 10.7. The molecular weight excluding hydrogens is 488 g/mol. The Balaban J connectivity index is 2.00. The van der Waals surface area contributed by atoms with E-state index in [1.807, 2.05) is 41.5 Å². The maximum Gasteiger partial charge on any atom is 0.255 e. The topological polar surface area (TPSA) is 157 Å². The van der Waals surface area contributed by atoms with Crippen LogP contribution < -0.4 is 21.3 Å². The van der Waals surface area contributed by atoms with Crippen molar-refractivity contribution in [1.82, 2.24) is 21.3 Å². The fourth-order valence-electron chi connectivity index (χ4n) is 3.91. The Morgan fingerprint density at radius 1 is 0.500 bits per heavy atom. The molecule has 0 spiro atoms. The summed E-state index contributed by atoms with van der Waals surface area (Å²) >= 11 is 0. The average molecular weight is 525 g/mol. The Kier molecular flexibility index (Phi) is 8.04. The molecular formula is C28H36N4O6. The van der Waals surface area contributed by atoms with Gasteiger partial charge in [0.2, 0.25) is 0 Å². The monoisotopic (exact) mass is 524 g/mol. The normalized spacial score (nSPS) is 15.9. The zero-order valence-corrected chi connectivity index (χ0v) is 22.7. The molecule has 10 heteroatoms. The van der Waals surface area contributed by atoms with Gasteiger partial charge in [-0.05, 0) is 46.2 Å². The van der Waals surface area contributed by atoms with Gasteiger partial charge in [0.1, 0.15) is 11.5 Å². The molecule has 1 heterocycles. The van der Waals surface area contributed by atoms with Gasteiger partial charge in [-0.15, -0.1) is 0 Å². The molecule has 3 rings (SSSR count). The molecule has 0 aliphatic carbocycles. The number of hydrogen-bond donors (Lipinski definition) is 6. The summed E-state index contributed by atoms with van der Waals surface area (Å²) in [6.07, 6.45) is 0. The van der Waals surface area contributed by atoms with Gasteiger partial charge in [0, 0.05) is 26.2 Å². The lowest BCUT2D eigenvalue weighted by Crippen LogP contribution is -2.37. The van der Waals surface area contributed by atoms with E-state index in [-0.39, 0.29) is 48.4 Å². The highest BCUT2D eigenvalue weighted by Crippen LogP contribution is 2.32. The number of benzene rings is 2. The molecule has 0 saturated heterocycles. The molecule has 38 heavy (non-hydrogen) atoms. The van der Waals surface area contributed by atoms with Crippen molar-refractivity contribution in [1.29, 1.82) is 0 Å². The van der Waals surface area contributed by atoms with Crippen molar-refractivity contribution in [3.8, 4) is 11.5 Å². The average Bonchev–Trinajstić information content (AvgIpc) is 2.82. The van der Waals surface area contributed by atoms with Crippen LogP contribution >= 0.6 is 0 Å². The van der Waals surface area contributed by atoms with Gasteiger partial charge in [-0.25, -0.2) is 0 Å². The second-order valence-electron chi connectivity index (χ2n) is 11.4. The lowest BCUT2D eigenvalue weighted by molar-refractivity contribution is 0.0913. The van der Waals surface area contributed by atoms with Crippen LogP contribution in [-0.2, 0) is 10.8 Å². The summed E-state index contributed by atoms with van der Waals surface area (Å²) in [4.78, 5) is 51.8. The van der Waals surface area contributed by atoms with Crippen molar-refractivity contribution in [3.63, 3.8) is 0 Å². The zero-order chi connectivity index (χ0) is 28.4. The minimum atomic E-state index is -0.606. The van der Waals surface area contributed by atoms with Gasteiger partial charge in [-0.3, -0.25) is 19.2 Å². The van der Waals surface area contributed by atoms with Crippen molar-refractivity contribution in [2.75, 3.05) is 26.2 Å². The SMILES string of the molecule is CC(C)(C)c1cc2c(O)c(c1)C(=O)NCCNC(=O)c1cc(C(C)(C)C)cc(c1O)C(=O)NCCNC2=O. The smallest absolute Gasteiger partial charge is 0.255 e. The van der Waals surface area contributed by atoms with Crippen LogP contribution in [0.15, 0.2) is 24.3 Å². The summed E-state index contributed by atoms with van der Waals surface area (Å²) in [6, 6.07) is 6.15. The number of aromatic hydroxyl groups is 2. The van der Waals surface area contributed by atoms with E-state index in [1.165, 1.54) is 24.3 Å². The largest absolute Gasteiger partial charge is 0.506 e. The first-order valence-corrected chi connectivity index (χ1v) is 12.5. The number of hydrogen-bond acceptors (Lipinski definition) is 6. The molecule has 2 aromatic carbocycles. The highest BCUT2D eigenvalue weighted by molar-refractivity contribution is 6.05.